The lowest BCUT2D eigenvalue weighted by molar-refractivity contribution is -0.132. The van der Waals surface area contributed by atoms with E-state index in [0.29, 0.717) is 35.8 Å². The summed E-state index contributed by atoms with van der Waals surface area (Å²) in [6.45, 7) is 0.949. The van der Waals surface area contributed by atoms with Gasteiger partial charge in [0.25, 0.3) is 0 Å². The topological polar surface area (TPSA) is 72.6 Å². The molecule has 4 rings (SSSR count). The van der Waals surface area contributed by atoms with Crippen LogP contribution in [-0.4, -0.2) is 35.4 Å². The lowest BCUT2D eigenvalue weighted by atomic mass is 10.00. The smallest absolute Gasteiger partial charge is 0.223 e. The quantitative estimate of drug-likeness (QED) is 0.543. The van der Waals surface area contributed by atoms with Gasteiger partial charge in [-0.25, -0.2) is 0 Å². The van der Waals surface area contributed by atoms with Crippen molar-refractivity contribution < 1.29 is 18.8 Å². The summed E-state index contributed by atoms with van der Waals surface area (Å²) >= 11 is 5.96. The molecule has 1 amide bonds. The van der Waals surface area contributed by atoms with E-state index < -0.39 is 0 Å². The minimum absolute atomic E-state index is 0.0695. The molecule has 2 aromatic carbocycles. The number of Topliss-reactive ketones (excluding diaryl/α,β-unsaturated/α-hetero) is 1. The Morgan fingerprint density at radius 2 is 1.90 bits per heavy atom. The molecule has 6 nitrogen and oxygen atoms in total. The highest BCUT2D eigenvalue weighted by Crippen LogP contribution is 2.31. The van der Waals surface area contributed by atoms with Crippen molar-refractivity contribution in [1.29, 1.82) is 0 Å². The molecule has 2 heterocycles. The number of rotatable bonds is 6. The molecule has 0 atom stereocenters. The molecule has 0 bridgehead atoms. The molecule has 7 heteroatoms. The maximum absolute atomic E-state index is 12.7. The van der Waals surface area contributed by atoms with Crippen LogP contribution in [0.4, 0.5) is 0 Å². The van der Waals surface area contributed by atoms with E-state index in [0.717, 1.165) is 22.6 Å². The molecule has 3 aromatic rings. The predicted octanol–water partition coefficient (Wildman–Crippen LogP) is 4.55. The molecule has 1 aliphatic rings. The molecule has 0 saturated carbocycles. The Bertz CT molecular complexity index is 1080. The van der Waals surface area contributed by atoms with Crippen LogP contribution >= 0.6 is 11.6 Å². The zero-order chi connectivity index (χ0) is 21.1. The van der Waals surface area contributed by atoms with Crippen molar-refractivity contribution in [2.24, 2.45) is 0 Å². The van der Waals surface area contributed by atoms with Crippen LogP contribution in [0.1, 0.15) is 34.5 Å². The van der Waals surface area contributed by atoms with Gasteiger partial charge >= 0.3 is 0 Å². The zero-order valence-electron chi connectivity index (χ0n) is 16.6. The normalized spacial score (nSPS) is 13.1. The lowest BCUT2D eigenvalue weighted by Gasteiger charge is -2.26. The van der Waals surface area contributed by atoms with Gasteiger partial charge in [-0.1, -0.05) is 28.9 Å². The maximum Gasteiger partial charge on any atom is 0.223 e. The first-order chi connectivity index (χ1) is 14.6. The number of ether oxygens (including phenoxy) is 1. The summed E-state index contributed by atoms with van der Waals surface area (Å²) in [4.78, 5) is 26.9. The van der Waals surface area contributed by atoms with Crippen molar-refractivity contribution in [3.8, 4) is 17.1 Å². The van der Waals surface area contributed by atoms with Gasteiger partial charge in [0.2, 0.25) is 5.91 Å². The van der Waals surface area contributed by atoms with E-state index in [1.54, 1.807) is 23.1 Å². The molecular formula is C23H21ClN2O4. The third-order valence-corrected chi connectivity index (χ3v) is 5.53. The SMILES string of the molecule is COc1ccccc1C(=O)CCC(=O)N1CCc2c(noc2-c2ccc(Cl)cc2)C1. The summed E-state index contributed by atoms with van der Waals surface area (Å²) in [6.07, 6.45) is 0.939. The summed E-state index contributed by atoms with van der Waals surface area (Å²) in [5.41, 5.74) is 3.19. The van der Waals surface area contributed by atoms with Crippen molar-refractivity contribution in [3.63, 3.8) is 0 Å². The van der Waals surface area contributed by atoms with Crippen LogP contribution in [0.15, 0.2) is 53.1 Å². The molecule has 0 fully saturated rings. The van der Waals surface area contributed by atoms with E-state index in [9.17, 15) is 9.59 Å². The summed E-state index contributed by atoms with van der Waals surface area (Å²) < 4.78 is 10.8. The van der Waals surface area contributed by atoms with Crippen LogP contribution in [0, 0.1) is 0 Å². The van der Waals surface area contributed by atoms with Gasteiger partial charge in [-0.2, -0.15) is 0 Å². The van der Waals surface area contributed by atoms with E-state index in [2.05, 4.69) is 5.16 Å². The van der Waals surface area contributed by atoms with E-state index >= 15 is 0 Å². The summed E-state index contributed by atoms with van der Waals surface area (Å²) in [6, 6.07) is 14.5. The number of halogens is 1. The summed E-state index contributed by atoms with van der Waals surface area (Å²) in [5.74, 6) is 1.07. The third kappa shape index (κ3) is 4.09. The number of benzene rings is 2. The van der Waals surface area contributed by atoms with Crippen molar-refractivity contribution in [2.75, 3.05) is 13.7 Å². The molecule has 1 aliphatic heterocycles. The van der Waals surface area contributed by atoms with Crippen molar-refractivity contribution >= 4 is 23.3 Å². The van der Waals surface area contributed by atoms with E-state index in [1.165, 1.54) is 7.11 Å². The third-order valence-electron chi connectivity index (χ3n) is 5.27. The Balaban J connectivity index is 1.39. The number of hydrogen-bond acceptors (Lipinski definition) is 5. The number of carbonyl (C=O) groups is 2. The highest BCUT2D eigenvalue weighted by molar-refractivity contribution is 6.30. The second kappa shape index (κ2) is 8.71. The average Bonchev–Trinajstić information content (AvgIpc) is 3.21. The number of hydrogen-bond donors (Lipinski definition) is 0. The number of carbonyl (C=O) groups excluding carboxylic acids is 2. The minimum atomic E-state index is -0.107. The van der Waals surface area contributed by atoms with Gasteiger partial charge in [0, 0.05) is 35.5 Å². The highest BCUT2D eigenvalue weighted by atomic mass is 35.5. The van der Waals surface area contributed by atoms with Gasteiger partial charge in [0.05, 0.1) is 19.2 Å². The molecule has 0 radical (unpaired) electrons. The largest absolute Gasteiger partial charge is 0.496 e. The number of methoxy groups -OCH3 is 1. The number of amides is 1. The fourth-order valence-electron chi connectivity index (χ4n) is 3.66. The van der Waals surface area contributed by atoms with Gasteiger partial charge < -0.3 is 14.2 Å². The van der Waals surface area contributed by atoms with Gasteiger partial charge in [-0.05, 0) is 42.8 Å². The first-order valence-corrected chi connectivity index (χ1v) is 10.1. The van der Waals surface area contributed by atoms with Crippen LogP contribution in [-0.2, 0) is 17.8 Å². The fourth-order valence-corrected chi connectivity index (χ4v) is 3.79. The number of fused-ring (bicyclic) bond motifs is 1. The highest BCUT2D eigenvalue weighted by Gasteiger charge is 2.27. The minimum Gasteiger partial charge on any atom is -0.496 e. The van der Waals surface area contributed by atoms with Gasteiger partial charge in [0.1, 0.15) is 11.4 Å². The fraction of sp³-hybridized carbons (Fsp3) is 0.261. The zero-order valence-corrected chi connectivity index (χ0v) is 17.3. The first kappa shape index (κ1) is 20.2. The lowest BCUT2D eigenvalue weighted by Crippen LogP contribution is -2.36. The molecule has 0 N–H and O–H groups in total. The molecule has 0 unspecified atom stereocenters. The van der Waals surface area contributed by atoms with Gasteiger partial charge in [0.15, 0.2) is 11.5 Å². The van der Waals surface area contributed by atoms with E-state index in [1.807, 2.05) is 30.3 Å². The number of aromatic nitrogens is 1. The Morgan fingerprint density at radius 1 is 1.13 bits per heavy atom. The summed E-state index contributed by atoms with van der Waals surface area (Å²) in [5, 5.41) is 4.83. The van der Waals surface area contributed by atoms with Gasteiger partial charge in [-0.15, -0.1) is 0 Å². The van der Waals surface area contributed by atoms with Crippen LogP contribution in [0.2, 0.25) is 5.02 Å². The van der Waals surface area contributed by atoms with Crippen LogP contribution in [0.3, 0.4) is 0 Å². The Morgan fingerprint density at radius 3 is 2.67 bits per heavy atom. The van der Waals surface area contributed by atoms with E-state index in [4.69, 9.17) is 20.9 Å². The maximum atomic E-state index is 12.7. The second-order valence-electron chi connectivity index (χ2n) is 7.13. The van der Waals surface area contributed by atoms with E-state index in [-0.39, 0.29) is 24.5 Å². The number of nitrogens with zero attached hydrogens (tertiary/aromatic N) is 2. The molecular weight excluding hydrogens is 404 g/mol. The number of ketones is 1. The molecule has 0 spiro atoms. The molecule has 154 valence electrons. The molecule has 30 heavy (non-hydrogen) atoms. The van der Waals surface area contributed by atoms with Gasteiger partial charge in [-0.3, -0.25) is 9.59 Å². The Labute approximate surface area is 179 Å². The molecule has 1 aromatic heterocycles. The second-order valence-corrected chi connectivity index (χ2v) is 7.57. The molecule has 0 aliphatic carbocycles. The molecule has 0 saturated heterocycles. The van der Waals surface area contributed by atoms with Crippen LogP contribution in [0.5, 0.6) is 5.75 Å². The van der Waals surface area contributed by atoms with Crippen molar-refractivity contribution in [1.82, 2.24) is 10.1 Å². The Hall–Kier alpha value is -3.12. The first-order valence-electron chi connectivity index (χ1n) is 9.74. The Kier molecular flexibility index (Phi) is 5.86. The average molecular weight is 425 g/mol. The van der Waals surface area contributed by atoms with Crippen LogP contribution in [0.25, 0.3) is 11.3 Å². The standard InChI is InChI=1S/C23H21ClN2O4/c1-29-21-5-3-2-4-18(21)20(27)10-11-22(28)26-13-12-17-19(14-26)25-30-23(17)15-6-8-16(24)9-7-15/h2-9H,10-14H2,1H3. The summed E-state index contributed by atoms with van der Waals surface area (Å²) in [7, 11) is 1.53. The monoisotopic (exact) mass is 424 g/mol. The van der Waals surface area contributed by atoms with Crippen LogP contribution < -0.4 is 4.74 Å². The van der Waals surface area contributed by atoms with Crippen molar-refractivity contribution in [2.45, 2.75) is 25.8 Å². The van der Waals surface area contributed by atoms with Crippen molar-refractivity contribution in [3.05, 3.63) is 70.4 Å². The number of para-hydroxylation sites is 1. The predicted molar refractivity (Wildman–Crippen MR) is 113 cm³/mol.